The van der Waals surface area contributed by atoms with Gasteiger partial charge >= 0.3 is 0 Å². The predicted molar refractivity (Wildman–Crippen MR) is 105 cm³/mol. The second-order valence-corrected chi connectivity index (χ2v) is 7.05. The van der Waals surface area contributed by atoms with Crippen LogP contribution in [-0.4, -0.2) is 39.3 Å². The molecule has 1 amide bonds. The zero-order valence-electron chi connectivity index (χ0n) is 16.2. The van der Waals surface area contributed by atoms with Crippen molar-refractivity contribution in [1.82, 2.24) is 5.32 Å². The summed E-state index contributed by atoms with van der Waals surface area (Å²) in [6.07, 6.45) is 3.19. The molecule has 1 fully saturated rings. The van der Waals surface area contributed by atoms with Crippen LogP contribution in [-0.2, 0) is 17.8 Å². The SMILES string of the molecule is COc1ccc(C[NH+](CC(=O)NCCc2ccccc2OC)C2CC2)cc1. The van der Waals surface area contributed by atoms with Crippen LogP contribution in [0, 0.1) is 0 Å². The fourth-order valence-corrected chi connectivity index (χ4v) is 3.36. The van der Waals surface area contributed by atoms with Crippen molar-refractivity contribution in [2.75, 3.05) is 27.3 Å². The van der Waals surface area contributed by atoms with Crippen LogP contribution in [0.25, 0.3) is 0 Å². The average Bonchev–Trinajstić information content (AvgIpc) is 3.54. The molecule has 2 aromatic rings. The van der Waals surface area contributed by atoms with E-state index < -0.39 is 0 Å². The predicted octanol–water partition coefficient (Wildman–Crippen LogP) is 1.61. The molecule has 1 aliphatic carbocycles. The van der Waals surface area contributed by atoms with E-state index in [2.05, 4.69) is 17.4 Å². The summed E-state index contributed by atoms with van der Waals surface area (Å²) < 4.78 is 10.6. The van der Waals surface area contributed by atoms with Crippen molar-refractivity contribution in [1.29, 1.82) is 0 Å². The first-order valence-electron chi connectivity index (χ1n) is 9.55. The normalized spacial score (nSPS) is 14.4. The molecule has 2 aromatic carbocycles. The minimum atomic E-state index is 0.111. The van der Waals surface area contributed by atoms with Gasteiger partial charge in [-0.15, -0.1) is 0 Å². The van der Waals surface area contributed by atoms with Gasteiger partial charge in [0.2, 0.25) is 0 Å². The van der Waals surface area contributed by atoms with Crippen LogP contribution in [0.15, 0.2) is 48.5 Å². The molecular weight excluding hydrogens is 340 g/mol. The Morgan fingerprint density at radius 1 is 1.07 bits per heavy atom. The average molecular weight is 369 g/mol. The number of rotatable bonds is 10. The molecule has 0 bridgehead atoms. The molecule has 1 saturated carbocycles. The highest BCUT2D eigenvalue weighted by Crippen LogP contribution is 2.18. The van der Waals surface area contributed by atoms with Crippen LogP contribution < -0.4 is 19.7 Å². The van der Waals surface area contributed by atoms with Gasteiger partial charge in [-0.1, -0.05) is 18.2 Å². The topological polar surface area (TPSA) is 52.0 Å². The first kappa shape index (κ1) is 19.2. The smallest absolute Gasteiger partial charge is 0.275 e. The van der Waals surface area contributed by atoms with Crippen LogP contribution in [0.1, 0.15) is 24.0 Å². The number of carbonyl (C=O) groups is 1. The summed E-state index contributed by atoms with van der Waals surface area (Å²) in [7, 11) is 3.35. The molecule has 1 unspecified atom stereocenters. The molecule has 0 aromatic heterocycles. The summed E-state index contributed by atoms with van der Waals surface area (Å²) in [5, 5.41) is 3.06. The van der Waals surface area contributed by atoms with Gasteiger partial charge in [-0.05, 0) is 42.3 Å². The molecule has 3 rings (SSSR count). The van der Waals surface area contributed by atoms with Crippen molar-refractivity contribution >= 4 is 5.91 Å². The lowest BCUT2D eigenvalue weighted by atomic mass is 10.1. The Hall–Kier alpha value is -2.53. The number of carbonyl (C=O) groups excluding carboxylic acids is 1. The first-order valence-corrected chi connectivity index (χ1v) is 9.55. The third-order valence-electron chi connectivity index (χ3n) is 5.04. The number of nitrogens with one attached hydrogen (secondary N) is 2. The zero-order chi connectivity index (χ0) is 19.1. The number of quaternary nitrogens is 1. The Morgan fingerprint density at radius 3 is 2.48 bits per heavy atom. The van der Waals surface area contributed by atoms with E-state index in [9.17, 15) is 4.79 Å². The fraction of sp³-hybridized carbons (Fsp3) is 0.409. The van der Waals surface area contributed by atoms with Gasteiger partial charge in [0.15, 0.2) is 6.54 Å². The van der Waals surface area contributed by atoms with Gasteiger partial charge in [-0.2, -0.15) is 0 Å². The van der Waals surface area contributed by atoms with Gasteiger partial charge < -0.3 is 19.7 Å². The summed E-state index contributed by atoms with van der Waals surface area (Å²) in [6, 6.07) is 16.7. The van der Waals surface area contributed by atoms with Crippen molar-refractivity contribution in [3.8, 4) is 11.5 Å². The lowest BCUT2D eigenvalue weighted by molar-refractivity contribution is -0.917. The third-order valence-corrected chi connectivity index (χ3v) is 5.04. The Kier molecular flexibility index (Phi) is 6.71. The van der Waals surface area contributed by atoms with E-state index >= 15 is 0 Å². The summed E-state index contributed by atoms with van der Waals surface area (Å²) in [6.45, 7) is 2.01. The van der Waals surface area contributed by atoms with E-state index in [0.717, 1.165) is 30.0 Å². The maximum absolute atomic E-state index is 12.4. The zero-order valence-corrected chi connectivity index (χ0v) is 16.2. The largest absolute Gasteiger partial charge is 0.497 e. The van der Waals surface area contributed by atoms with Gasteiger partial charge in [-0.25, -0.2) is 0 Å². The first-order chi connectivity index (χ1) is 13.2. The molecule has 2 N–H and O–H groups in total. The molecule has 27 heavy (non-hydrogen) atoms. The highest BCUT2D eigenvalue weighted by molar-refractivity contribution is 5.76. The maximum Gasteiger partial charge on any atom is 0.275 e. The monoisotopic (exact) mass is 369 g/mol. The summed E-state index contributed by atoms with van der Waals surface area (Å²) in [4.78, 5) is 13.8. The van der Waals surface area contributed by atoms with Gasteiger partial charge in [0.25, 0.3) is 5.91 Å². The van der Waals surface area contributed by atoms with Crippen molar-refractivity contribution in [2.45, 2.75) is 31.8 Å². The van der Waals surface area contributed by atoms with Gasteiger partial charge in [-0.3, -0.25) is 4.79 Å². The number of amides is 1. The van der Waals surface area contributed by atoms with Crippen LogP contribution in [0.3, 0.4) is 0 Å². The third kappa shape index (κ3) is 5.73. The van der Waals surface area contributed by atoms with Crippen LogP contribution in [0.2, 0.25) is 0 Å². The molecule has 0 radical (unpaired) electrons. The molecule has 5 heteroatoms. The molecule has 0 saturated heterocycles. The Bertz CT molecular complexity index is 741. The van der Waals surface area contributed by atoms with Crippen molar-refractivity contribution in [2.24, 2.45) is 0 Å². The Labute approximate surface area is 161 Å². The van der Waals surface area contributed by atoms with E-state index in [0.29, 0.717) is 19.1 Å². The molecule has 0 spiro atoms. The van der Waals surface area contributed by atoms with Crippen LogP contribution in [0.4, 0.5) is 0 Å². The summed E-state index contributed by atoms with van der Waals surface area (Å²) >= 11 is 0. The lowest BCUT2D eigenvalue weighted by Crippen LogP contribution is -3.13. The Morgan fingerprint density at radius 2 is 1.81 bits per heavy atom. The number of para-hydroxylation sites is 1. The summed E-state index contributed by atoms with van der Waals surface area (Å²) in [5.41, 5.74) is 2.35. The fourth-order valence-electron chi connectivity index (χ4n) is 3.36. The number of hydrogen-bond donors (Lipinski definition) is 2. The number of ether oxygens (including phenoxy) is 2. The number of benzene rings is 2. The van der Waals surface area contributed by atoms with Gasteiger partial charge in [0.1, 0.15) is 18.0 Å². The minimum absolute atomic E-state index is 0.111. The maximum atomic E-state index is 12.4. The van der Waals surface area contributed by atoms with Crippen molar-refractivity contribution < 1.29 is 19.2 Å². The molecule has 144 valence electrons. The molecule has 1 aliphatic rings. The molecule has 1 atom stereocenters. The van der Waals surface area contributed by atoms with Gasteiger partial charge in [0, 0.05) is 24.9 Å². The van der Waals surface area contributed by atoms with Crippen molar-refractivity contribution in [3.63, 3.8) is 0 Å². The molecule has 5 nitrogen and oxygen atoms in total. The standard InChI is InChI=1S/C22H28N2O3/c1-26-20-11-7-17(8-12-20)15-24(19-9-10-19)16-22(25)23-14-13-18-5-3-4-6-21(18)27-2/h3-8,11-12,19H,9-10,13-16H2,1-2H3,(H,23,25)/p+1. The quantitative estimate of drug-likeness (QED) is 0.669. The highest BCUT2D eigenvalue weighted by Gasteiger charge is 2.34. The van der Waals surface area contributed by atoms with Gasteiger partial charge in [0.05, 0.1) is 20.3 Å². The van der Waals surface area contributed by atoms with Crippen molar-refractivity contribution in [3.05, 3.63) is 59.7 Å². The summed E-state index contributed by atoms with van der Waals surface area (Å²) in [5.74, 6) is 1.85. The highest BCUT2D eigenvalue weighted by atomic mass is 16.5. The van der Waals surface area contributed by atoms with E-state index in [-0.39, 0.29) is 5.91 Å². The molecule has 0 aliphatic heterocycles. The lowest BCUT2D eigenvalue weighted by Gasteiger charge is -2.19. The Balaban J connectivity index is 1.48. The van der Waals surface area contributed by atoms with E-state index in [1.54, 1.807) is 14.2 Å². The molecular formula is C22H29N2O3+. The number of hydrogen-bond acceptors (Lipinski definition) is 3. The van der Waals surface area contributed by atoms with E-state index in [1.165, 1.54) is 23.3 Å². The van der Waals surface area contributed by atoms with E-state index in [1.807, 2.05) is 36.4 Å². The second kappa shape index (κ2) is 9.42. The van der Waals surface area contributed by atoms with Crippen LogP contribution in [0.5, 0.6) is 11.5 Å². The van der Waals surface area contributed by atoms with Crippen LogP contribution >= 0.6 is 0 Å². The van der Waals surface area contributed by atoms with E-state index in [4.69, 9.17) is 9.47 Å². The molecule has 0 heterocycles. The minimum Gasteiger partial charge on any atom is -0.497 e. The number of methoxy groups -OCH3 is 2. The second-order valence-electron chi connectivity index (χ2n) is 7.05.